The van der Waals surface area contributed by atoms with Gasteiger partial charge in [0.2, 0.25) is 10.0 Å². The third-order valence-electron chi connectivity index (χ3n) is 7.27. The van der Waals surface area contributed by atoms with Crippen LogP contribution >= 0.6 is 15.9 Å². The molecule has 0 aliphatic carbocycles. The van der Waals surface area contributed by atoms with Crippen molar-refractivity contribution in [3.8, 4) is 0 Å². The third-order valence-corrected chi connectivity index (χ3v) is 10.0. The number of nitrogens with zero attached hydrogens (tertiary/aromatic N) is 4. The number of ether oxygens (including phenoxy) is 1. The highest BCUT2D eigenvalue weighted by atomic mass is 79.9. The average molecular weight is 624 g/mol. The summed E-state index contributed by atoms with van der Waals surface area (Å²) in [7, 11) is -3.67. The van der Waals surface area contributed by atoms with Crippen LogP contribution in [0.1, 0.15) is 44.1 Å². The number of alkyl halides is 4. The van der Waals surface area contributed by atoms with E-state index in [4.69, 9.17) is 4.74 Å². The predicted molar refractivity (Wildman–Crippen MR) is 143 cm³/mol. The van der Waals surface area contributed by atoms with Crippen LogP contribution in [0.25, 0.3) is 10.9 Å². The smallest absolute Gasteiger partial charge is 0.356 e. The summed E-state index contributed by atoms with van der Waals surface area (Å²) in [5, 5.41) is 0.517. The minimum absolute atomic E-state index is 0.00712. The molecule has 2 aliphatic heterocycles. The van der Waals surface area contributed by atoms with Crippen LogP contribution in [0.4, 0.5) is 13.2 Å². The summed E-state index contributed by atoms with van der Waals surface area (Å²) in [4.78, 5) is 16.6. The van der Waals surface area contributed by atoms with Gasteiger partial charge in [0.1, 0.15) is 17.2 Å². The van der Waals surface area contributed by atoms with Gasteiger partial charge in [0.25, 0.3) is 5.91 Å². The third kappa shape index (κ3) is 6.22. The van der Waals surface area contributed by atoms with Crippen LogP contribution in [-0.2, 0) is 21.3 Å². The summed E-state index contributed by atoms with van der Waals surface area (Å²) in [6.07, 6.45) is -4.33. The van der Waals surface area contributed by atoms with Crippen molar-refractivity contribution in [2.24, 2.45) is 0 Å². The Kier molecular flexibility index (Phi) is 8.83. The molecule has 2 aliphatic rings. The molecule has 1 aromatic heterocycles. The Hall–Kier alpha value is -1.67. The number of aromatic nitrogens is 1. The number of amides is 1. The van der Waals surface area contributed by atoms with Crippen molar-refractivity contribution in [1.29, 1.82) is 0 Å². The topological polar surface area (TPSA) is 75.1 Å². The minimum Gasteiger partial charge on any atom is -0.356 e. The number of fused-ring (bicyclic) bond motifs is 1. The molecule has 2 fully saturated rings. The number of likely N-dealkylation sites (tertiary alicyclic amines) is 1. The van der Waals surface area contributed by atoms with Crippen LogP contribution in [0.5, 0.6) is 0 Å². The summed E-state index contributed by atoms with van der Waals surface area (Å²) in [5.74, 6) is -0.754. The highest BCUT2D eigenvalue weighted by Gasteiger charge is 2.45. The molecule has 0 spiro atoms. The standard InChI is InChI=1S/C25H34BrF3N4O4S/c1-4-38(35,36)33-14-13-31(22(26)24(33)37-19-9-11-30(12-10-19)17(2)3)23(34)21-15-18-7-5-6-8-20(18)32(21)16-25(27,28)29/h5-8,15,17,19,22,24H,4,9-14,16H2,1-3H3. The lowest BCUT2D eigenvalue weighted by Gasteiger charge is -2.46. The largest absolute Gasteiger partial charge is 0.406 e. The molecule has 0 bridgehead atoms. The number of piperazine rings is 1. The van der Waals surface area contributed by atoms with Gasteiger partial charge >= 0.3 is 6.18 Å². The highest BCUT2D eigenvalue weighted by Crippen LogP contribution is 2.32. The van der Waals surface area contributed by atoms with Crippen molar-refractivity contribution >= 4 is 42.8 Å². The van der Waals surface area contributed by atoms with Crippen LogP contribution < -0.4 is 0 Å². The predicted octanol–water partition coefficient (Wildman–Crippen LogP) is 4.25. The summed E-state index contributed by atoms with van der Waals surface area (Å²) >= 11 is 3.51. The van der Waals surface area contributed by atoms with Crippen molar-refractivity contribution in [1.82, 2.24) is 18.7 Å². The van der Waals surface area contributed by atoms with Gasteiger partial charge in [-0.2, -0.15) is 17.5 Å². The van der Waals surface area contributed by atoms with Crippen LogP contribution in [0, 0.1) is 0 Å². The lowest BCUT2D eigenvalue weighted by molar-refractivity contribution is -0.140. The van der Waals surface area contributed by atoms with Gasteiger partial charge in [0, 0.05) is 43.1 Å². The van der Waals surface area contributed by atoms with E-state index in [1.165, 1.54) is 15.3 Å². The number of carbonyl (C=O) groups is 1. The second kappa shape index (κ2) is 11.4. The summed E-state index contributed by atoms with van der Waals surface area (Å²) in [6, 6.07) is 8.37. The first-order chi connectivity index (χ1) is 17.8. The van der Waals surface area contributed by atoms with E-state index in [0.717, 1.165) is 17.7 Å². The number of halogens is 4. The molecule has 2 aromatic rings. The van der Waals surface area contributed by atoms with E-state index in [2.05, 4.69) is 34.7 Å². The molecule has 2 atom stereocenters. The molecule has 38 heavy (non-hydrogen) atoms. The second-order valence-electron chi connectivity index (χ2n) is 10.0. The fourth-order valence-electron chi connectivity index (χ4n) is 5.17. The zero-order valence-electron chi connectivity index (χ0n) is 21.7. The molecule has 212 valence electrons. The van der Waals surface area contributed by atoms with Crippen LogP contribution in [-0.4, -0.2) is 94.4 Å². The summed E-state index contributed by atoms with van der Waals surface area (Å²) in [6.45, 7) is 6.08. The average Bonchev–Trinajstić information content (AvgIpc) is 3.22. The molecule has 0 radical (unpaired) electrons. The maximum absolute atomic E-state index is 13.7. The van der Waals surface area contributed by atoms with Gasteiger partial charge in [0.05, 0.1) is 11.9 Å². The molecule has 0 N–H and O–H groups in total. The Morgan fingerprint density at radius 3 is 2.39 bits per heavy atom. The number of rotatable bonds is 7. The minimum atomic E-state index is -4.53. The van der Waals surface area contributed by atoms with Crippen molar-refractivity contribution in [2.75, 3.05) is 31.9 Å². The Morgan fingerprint density at radius 2 is 1.79 bits per heavy atom. The van der Waals surface area contributed by atoms with Gasteiger partial charge in [-0.3, -0.25) is 4.79 Å². The number of piperidine rings is 1. The van der Waals surface area contributed by atoms with Crippen molar-refractivity contribution in [3.63, 3.8) is 0 Å². The lowest BCUT2D eigenvalue weighted by Crippen LogP contribution is -2.62. The molecule has 2 saturated heterocycles. The molecule has 1 amide bonds. The lowest BCUT2D eigenvalue weighted by atomic mass is 10.1. The zero-order valence-corrected chi connectivity index (χ0v) is 24.1. The first kappa shape index (κ1) is 29.3. The maximum Gasteiger partial charge on any atom is 0.406 e. The number of hydrogen-bond acceptors (Lipinski definition) is 5. The van der Waals surface area contributed by atoms with Crippen molar-refractivity contribution in [2.45, 2.75) is 69.7 Å². The summed E-state index contributed by atoms with van der Waals surface area (Å²) in [5.41, 5.74) is 0.194. The molecule has 13 heteroatoms. The van der Waals surface area contributed by atoms with Gasteiger partial charge < -0.3 is 19.1 Å². The van der Waals surface area contributed by atoms with E-state index in [1.807, 2.05) is 0 Å². The molecular formula is C25H34BrF3N4O4S. The molecule has 1 aromatic carbocycles. The van der Waals surface area contributed by atoms with E-state index in [0.29, 0.717) is 29.8 Å². The summed E-state index contributed by atoms with van der Waals surface area (Å²) < 4.78 is 74.9. The number of hydrogen-bond donors (Lipinski definition) is 0. The first-order valence-electron chi connectivity index (χ1n) is 12.8. The Balaban J connectivity index is 1.63. The molecular weight excluding hydrogens is 589 g/mol. The maximum atomic E-state index is 13.7. The normalized spacial score (nSPS) is 23.0. The van der Waals surface area contributed by atoms with Crippen molar-refractivity contribution < 1.29 is 31.1 Å². The molecule has 2 unspecified atom stereocenters. The Morgan fingerprint density at radius 1 is 1.13 bits per heavy atom. The van der Waals surface area contributed by atoms with Crippen LogP contribution in [0.3, 0.4) is 0 Å². The number of benzene rings is 1. The van der Waals surface area contributed by atoms with Crippen LogP contribution in [0.2, 0.25) is 0 Å². The van der Waals surface area contributed by atoms with E-state index >= 15 is 0 Å². The van der Waals surface area contributed by atoms with Gasteiger partial charge in [-0.25, -0.2) is 8.42 Å². The zero-order chi connectivity index (χ0) is 27.8. The molecule has 4 rings (SSSR count). The monoisotopic (exact) mass is 622 g/mol. The highest BCUT2D eigenvalue weighted by molar-refractivity contribution is 9.09. The van der Waals surface area contributed by atoms with Gasteiger partial charge in [-0.1, -0.05) is 34.1 Å². The van der Waals surface area contributed by atoms with Crippen LogP contribution in [0.15, 0.2) is 30.3 Å². The SMILES string of the molecule is CCS(=O)(=O)N1CCN(C(=O)c2cc3ccccc3n2CC(F)(F)F)C(Br)C1OC1CCN(C(C)C)CC1. The quantitative estimate of drug-likeness (QED) is 0.341. The number of sulfonamides is 1. The van der Waals surface area contributed by atoms with Gasteiger partial charge in [0.15, 0.2) is 6.23 Å². The number of para-hydroxylation sites is 1. The van der Waals surface area contributed by atoms with E-state index in [-0.39, 0.29) is 30.6 Å². The Bertz CT molecular complexity index is 1240. The van der Waals surface area contributed by atoms with Crippen molar-refractivity contribution in [3.05, 3.63) is 36.0 Å². The van der Waals surface area contributed by atoms with E-state index in [9.17, 15) is 26.4 Å². The molecule has 3 heterocycles. The number of carbonyl (C=O) groups excluding carboxylic acids is 1. The fourth-order valence-corrected chi connectivity index (χ4v) is 7.30. The fraction of sp³-hybridized carbons (Fsp3) is 0.640. The van der Waals surface area contributed by atoms with Gasteiger partial charge in [-0.15, -0.1) is 0 Å². The molecule has 8 nitrogen and oxygen atoms in total. The first-order valence-corrected chi connectivity index (χ1v) is 15.3. The second-order valence-corrected chi connectivity index (χ2v) is 13.2. The molecule has 0 saturated carbocycles. The Labute approximate surface area is 229 Å². The van der Waals surface area contributed by atoms with Gasteiger partial charge in [-0.05, 0) is 45.7 Å². The van der Waals surface area contributed by atoms with E-state index in [1.54, 1.807) is 31.2 Å². The van der Waals surface area contributed by atoms with E-state index < -0.39 is 39.8 Å².